The van der Waals surface area contributed by atoms with E-state index in [1.165, 1.54) is 12.4 Å². The van der Waals surface area contributed by atoms with Crippen molar-refractivity contribution in [1.29, 1.82) is 0 Å². The van der Waals surface area contributed by atoms with E-state index in [1.54, 1.807) is 0 Å². The van der Waals surface area contributed by atoms with Gasteiger partial charge in [-0.2, -0.15) is 0 Å². The molecule has 1 aromatic rings. The summed E-state index contributed by atoms with van der Waals surface area (Å²) < 4.78 is 13.1. The second kappa shape index (κ2) is 3.88. The molecule has 1 aromatic heterocycles. The van der Waals surface area contributed by atoms with Crippen LogP contribution in [0.5, 0.6) is 0 Å². The summed E-state index contributed by atoms with van der Waals surface area (Å²) in [4.78, 5) is 18.5. The molecule has 1 amide bonds. The minimum absolute atomic E-state index is 0.181. The molecule has 0 bridgehead atoms. The maximum Gasteiger partial charge on any atom is 0.262 e. The lowest BCUT2D eigenvalue weighted by Crippen LogP contribution is -2.32. The van der Waals surface area contributed by atoms with Gasteiger partial charge >= 0.3 is 0 Å². The normalized spacial score (nSPS) is 11.1. The van der Waals surface area contributed by atoms with Crippen LogP contribution in [0.4, 0.5) is 10.2 Å². The molecule has 1 rings (SSSR count). The third kappa shape index (κ3) is 2.92. The quantitative estimate of drug-likeness (QED) is 0.769. The molecular weight excluding hydrogens is 209 g/mol. The van der Waals surface area contributed by atoms with Gasteiger partial charge in [0.2, 0.25) is 0 Å². The van der Waals surface area contributed by atoms with Gasteiger partial charge in [-0.1, -0.05) is 11.6 Å². The fourth-order valence-corrected chi connectivity index (χ4v) is 0.814. The molecule has 6 heteroatoms. The highest BCUT2D eigenvalue weighted by molar-refractivity contribution is 6.29. The minimum atomic E-state index is -1.95. The zero-order valence-corrected chi connectivity index (χ0v) is 8.47. The Bertz CT molecular complexity index is 351. The lowest BCUT2D eigenvalue weighted by Gasteiger charge is -2.13. The number of alkyl halides is 1. The van der Waals surface area contributed by atoms with Gasteiger partial charge in [0.05, 0.1) is 0 Å². The highest BCUT2D eigenvalue weighted by Gasteiger charge is 2.26. The first-order valence-electron chi connectivity index (χ1n) is 3.87. The third-order valence-electron chi connectivity index (χ3n) is 1.42. The largest absolute Gasteiger partial charge is 0.308 e. The Morgan fingerprint density at radius 1 is 1.57 bits per heavy atom. The number of carbonyl (C=O) groups is 1. The molecule has 4 nitrogen and oxygen atoms in total. The van der Waals surface area contributed by atoms with Crippen molar-refractivity contribution in [2.24, 2.45) is 0 Å². The Morgan fingerprint density at radius 2 is 2.21 bits per heavy atom. The lowest BCUT2D eigenvalue weighted by atomic mass is 10.1. The molecule has 0 atom stereocenters. The van der Waals surface area contributed by atoms with E-state index < -0.39 is 11.6 Å². The van der Waals surface area contributed by atoms with Crippen molar-refractivity contribution in [2.75, 3.05) is 5.32 Å². The number of amides is 1. The SMILES string of the molecule is CC(C)(F)C(=O)Nc1cc(Cl)ncn1. The van der Waals surface area contributed by atoms with Crippen LogP contribution in [0.1, 0.15) is 13.8 Å². The fraction of sp³-hybridized carbons (Fsp3) is 0.375. The van der Waals surface area contributed by atoms with Crippen molar-refractivity contribution in [2.45, 2.75) is 19.5 Å². The number of rotatable bonds is 2. The van der Waals surface area contributed by atoms with Crippen LogP contribution in [0.3, 0.4) is 0 Å². The number of carbonyl (C=O) groups excluding carboxylic acids is 1. The van der Waals surface area contributed by atoms with E-state index in [0.29, 0.717) is 0 Å². The van der Waals surface area contributed by atoms with E-state index in [2.05, 4.69) is 15.3 Å². The molecule has 14 heavy (non-hydrogen) atoms. The lowest BCUT2D eigenvalue weighted by molar-refractivity contribution is -0.125. The predicted molar refractivity (Wildman–Crippen MR) is 50.9 cm³/mol. The van der Waals surface area contributed by atoms with E-state index in [4.69, 9.17) is 11.6 Å². The van der Waals surface area contributed by atoms with Crippen LogP contribution in [-0.4, -0.2) is 21.5 Å². The predicted octanol–water partition coefficient (Wildman–Crippen LogP) is 1.82. The first-order valence-corrected chi connectivity index (χ1v) is 4.25. The number of nitrogens with zero attached hydrogens (tertiary/aromatic N) is 2. The Kier molecular flexibility index (Phi) is 3.00. The smallest absolute Gasteiger partial charge is 0.262 e. The van der Waals surface area contributed by atoms with Crippen LogP contribution in [0.15, 0.2) is 12.4 Å². The highest BCUT2D eigenvalue weighted by atomic mass is 35.5. The molecule has 0 fully saturated rings. The van der Waals surface area contributed by atoms with Gasteiger partial charge in [0.25, 0.3) is 5.91 Å². The molecule has 76 valence electrons. The van der Waals surface area contributed by atoms with Crippen LogP contribution in [0.25, 0.3) is 0 Å². The van der Waals surface area contributed by atoms with Crippen molar-refractivity contribution in [3.05, 3.63) is 17.5 Å². The molecule has 0 aliphatic rings. The molecule has 0 spiro atoms. The average molecular weight is 218 g/mol. The first kappa shape index (κ1) is 10.8. The van der Waals surface area contributed by atoms with E-state index in [-0.39, 0.29) is 11.0 Å². The summed E-state index contributed by atoms with van der Waals surface area (Å²) in [5.41, 5.74) is -1.95. The molecule has 0 unspecified atom stereocenters. The van der Waals surface area contributed by atoms with Crippen molar-refractivity contribution in [3.8, 4) is 0 Å². The summed E-state index contributed by atoms with van der Waals surface area (Å²) in [7, 11) is 0. The zero-order valence-electron chi connectivity index (χ0n) is 7.71. The van der Waals surface area contributed by atoms with Gasteiger partial charge in [-0.3, -0.25) is 4.79 Å². The topological polar surface area (TPSA) is 54.9 Å². The van der Waals surface area contributed by atoms with Gasteiger partial charge < -0.3 is 5.32 Å². The molecule has 0 saturated carbocycles. The molecule has 0 radical (unpaired) electrons. The highest BCUT2D eigenvalue weighted by Crippen LogP contribution is 2.13. The van der Waals surface area contributed by atoms with Crippen molar-refractivity contribution < 1.29 is 9.18 Å². The number of aromatic nitrogens is 2. The molecule has 1 heterocycles. The molecular formula is C8H9ClFN3O. The third-order valence-corrected chi connectivity index (χ3v) is 1.62. The minimum Gasteiger partial charge on any atom is -0.308 e. The van der Waals surface area contributed by atoms with Gasteiger partial charge in [-0.15, -0.1) is 0 Å². The summed E-state index contributed by atoms with van der Waals surface area (Å²) in [6.45, 7) is 2.32. The maximum absolute atomic E-state index is 13.1. The van der Waals surface area contributed by atoms with Crippen molar-refractivity contribution >= 4 is 23.3 Å². The van der Waals surface area contributed by atoms with Gasteiger partial charge in [-0.25, -0.2) is 14.4 Å². The number of anilines is 1. The standard InChI is InChI=1S/C8H9ClFN3O/c1-8(2,10)7(14)13-6-3-5(9)11-4-12-6/h3-4H,1-2H3,(H,11,12,13,14). The summed E-state index contributed by atoms with van der Waals surface area (Å²) in [5, 5.41) is 2.46. The van der Waals surface area contributed by atoms with Gasteiger partial charge in [0.1, 0.15) is 17.3 Å². The van der Waals surface area contributed by atoms with Gasteiger partial charge in [0.15, 0.2) is 5.67 Å². The van der Waals surface area contributed by atoms with Crippen molar-refractivity contribution in [3.63, 3.8) is 0 Å². The van der Waals surface area contributed by atoms with Gasteiger partial charge in [0, 0.05) is 6.07 Å². The van der Waals surface area contributed by atoms with E-state index in [9.17, 15) is 9.18 Å². The molecule has 0 aromatic carbocycles. The Morgan fingerprint density at radius 3 is 2.71 bits per heavy atom. The maximum atomic E-state index is 13.1. The van der Waals surface area contributed by atoms with Crippen molar-refractivity contribution in [1.82, 2.24) is 9.97 Å². The number of hydrogen-bond acceptors (Lipinski definition) is 3. The first-order chi connectivity index (χ1) is 6.39. The van der Waals surface area contributed by atoms with E-state index in [0.717, 1.165) is 13.8 Å². The summed E-state index contributed by atoms with van der Waals surface area (Å²) in [5.74, 6) is -0.590. The monoisotopic (exact) mass is 217 g/mol. The van der Waals surface area contributed by atoms with Crippen LogP contribution in [-0.2, 0) is 4.79 Å². The second-order valence-electron chi connectivity index (χ2n) is 3.15. The number of halogens is 2. The summed E-state index contributed by atoms with van der Waals surface area (Å²) in [6, 6.07) is 1.34. The number of hydrogen-bond donors (Lipinski definition) is 1. The Labute approximate surface area is 85.5 Å². The summed E-state index contributed by atoms with van der Waals surface area (Å²) in [6.07, 6.45) is 1.18. The second-order valence-corrected chi connectivity index (χ2v) is 3.54. The molecule has 0 saturated heterocycles. The zero-order chi connectivity index (χ0) is 10.8. The average Bonchev–Trinajstić information content (AvgIpc) is 2.02. The van der Waals surface area contributed by atoms with E-state index in [1.807, 2.05) is 0 Å². The summed E-state index contributed by atoms with van der Waals surface area (Å²) >= 11 is 5.55. The molecule has 0 aliphatic carbocycles. The number of nitrogens with one attached hydrogen (secondary N) is 1. The van der Waals surface area contributed by atoms with Crippen LogP contribution in [0.2, 0.25) is 5.15 Å². The van der Waals surface area contributed by atoms with Crippen LogP contribution < -0.4 is 5.32 Å². The fourth-order valence-electron chi connectivity index (χ4n) is 0.667. The molecule has 0 aliphatic heterocycles. The molecule has 1 N–H and O–H groups in total. The Balaban J connectivity index is 2.75. The van der Waals surface area contributed by atoms with E-state index >= 15 is 0 Å². The van der Waals surface area contributed by atoms with Gasteiger partial charge in [-0.05, 0) is 13.8 Å². The van der Waals surface area contributed by atoms with Crippen LogP contribution in [0, 0.1) is 0 Å². The van der Waals surface area contributed by atoms with Crippen LogP contribution >= 0.6 is 11.6 Å². The Hall–Kier alpha value is -1.23.